The van der Waals surface area contributed by atoms with Gasteiger partial charge in [-0.25, -0.2) is 14.6 Å². The first-order valence-electron chi connectivity index (χ1n) is 10.5. The number of nitrogen functional groups attached to an aromatic ring is 1. The quantitative estimate of drug-likeness (QED) is 0.602. The molecule has 0 saturated carbocycles. The summed E-state index contributed by atoms with van der Waals surface area (Å²) in [6.45, 7) is 14.2. The Kier molecular flexibility index (Phi) is 5.56. The second kappa shape index (κ2) is 8.04. The number of halogens is 1. The molecule has 2 aromatic heterocycles. The summed E-state index contributed by atoms with van der Waals surface area (Å²) >= 11 is 6.72. The first kappa shape index (κ1) is 21.4. The lowest BCUT2D eigenvalue weighted by molar-refractivity contribution is 0.190. The van der Waals surface area contributed by atoms with Crippen LogP contribution in [0.25, 0.3) is 11.0 Å². The first-order valence-corrected chi connectivity index (χ1v) is 10.9. The fourth-order valence-electron chi connectivity index (χ4n) is 4.51. The van der Waals surface area contributed by atoms with Crippen LogP contribution in [0.3, 0.4) is 0 Å². The molecule has 2 N–H and O–H groups in total. The third-order valence-corrected chi connectivity index (χ3v) is 6.80. The summed E-state index contributed by atoms with van der Waals surface area (Å²) in [5.41, 5.74) is 12.0. The van der Waals surface area contributed by atoms with Crippen LogP contribution in [-0.4, -0.2) is 44.8 Å². The number of anilines is 1. The fraction of sp³-hybridized carbons (Fsp3) is 0.435. The zero-order chi connectivity index (χ0) is 22.4. The molecular formula is C23H29ClN6O. The van der Waals surface area contributed by atoms with Gasteiger partial charge in [-0.15, -0.1) is 0 Å². The number of ether oxygens (including phenoxy) is 1. The maximum absolute atomic E-state index is 6.72. The molecule has 0 amide bonds. The number of likely N-dealkylation sites (tertiary alicyclic amines) is 1. The Morgan fingerprint density at radius 2 is 2.06 bits per heavy atom. The monoisotopic (exact) mass is 440 g/mol. The van der Waals surface area contributed by atoms with Crippen molar-refractivity contribution in [1.82, 2.24) is 24.6 Å². The van der Waals surface area contributed by atoms with Gasteiger partial charge in [-0.1, -0.05) is 25.1 Å². The van der Waals surface area contributed by atoms with Crippen LogP contribution in [0.1, 0.15) is 54.6 Å². The lowest BCUT2D eigenvalue weighted by Crippen LogP contribution is -2.44. The molecule has 1 aromatic carbocycles. The van der Waals surface area contributed by atoms with Crippen LogP contribution in [0.2, 0.25) is 5.02 Å². The van der Waals surface area contributed by atoms with Gasteiger partial charge in [0.15, 0.2) is 5.65 Å². The van der Waals surface area contributed by atoms with Crippen LogP contribution in [0.4, 0.5) is 5.82 Å². The van der Waals surface area contributed by atoms with Crippen LogP contribution in [0.15, 0.2) is 24.7 Å². The third-order valence-electron chi connectivity index (χ3n) is 6.41. The van der Waals surface area contributed by atoms with Gasteiger partial charge in [0.25, 0.3) is 0 Å². The largest absolute Gasteiger partial charge is 0.496 e. The van der Waals surface area contributed by atoms with Crippen LogP contribution in [0.5, 0.6) is 5.75 Å². The number of rotatable bonds is 6. The molecule has 1 fully saturated rings. The minimum atomic E-state index is -0.154. The zero-order valence-electron chi connectivity index (χ0n) is 18.7. The SMILES string of the molecule is C=C(CC)N1CC(c2c(C)c(Cl)cc(C(C)n3nc(C)c4c(N)ncnc43)c2OC)C1. The molecule has 1 aliphatic heterocycles. The Balaban J connectivity index is 1.80. The van der Waals surface area contributed by atoms with Gasteiger partial charge in [-0.05, 0) is 38.8 Å². The Hall–Kier alpha value is -2.80. The average Bonchev–Trinajstić information content (AvgIpc) is 3.06. The van der Waals surface area contributed by atoms with Crippen molar-refractivity contribution in [2.75, 3.05) is 25.9 Å². The number of nitrogens with two attached hydrogens (primary N) is 1. The van der Waals surface area contributed by atoms with E-state index in [0.717, 1.165) is 52.5 Å². The van der Waals surface area contributed by atoms with Gasteiger partial charge in [-0.2, -0.15) is 5.10 Å². The summed E-state index contributed by atoms with van der Waals surface area (Å²) in [4.78, 5) is 10.9. The number of nitrogens with zero attached hydrogens (tertiary/aromatic N) is 5. The van der Waals surface area contributed by atoms with Crippen LogP contribution in [-0.2, 0) is 0 Å². The minimum absolute atomic E-state index is 0.154. The second-order valence-corrected chi connectivity index (χ2v) is 8.61. The molecule has 1 aliphatic rings. The van der Waals surface area contributed by atoms with Crippen LogP contribution >= 0.6 is 11.6 Å². The molecule has 3 heterocycles. The number of methoxy groups -OCH3 is 1. The average molecular weight is 441 g/mol. The summed E-state index contributed by atoms with van der Waals surface area (Å²) in [7, 11) is 1.72. The molecule has 31 heavy (non-hydrogen) atoms. The van der Waals surface area contributed by atoms with Crippen LogP contribution in [0, 0.1) is 13.8 Å². The highest BCUT2D eigenvalue weighted by Crippen LogP contribution is 2.44. The lowest BCUT2D eigenvalue weighted by Gasteiger charge is -2.43. The molecule has 7 nitrogen and oxygen atoms in total. The summed E-state index contributed by atoms with van der Waals surface area (Å²) in [5.74, 6) is 1.64. The molecule has 1 unspecified atom stereocenters. The molecule has 0 aliphatic carbocycles. The number of hydrogen-bond acceptors (Lipinski definition) is 6. The van der Waals surface area contributed by atoms with E-state index < -0.39 is 0 Å². The standard InChI is InChI=1S/C23H29ClN6O/c1-7-12(2)29-9-16(10-29)19-13(3)18(24)8-17(21(19)31-6)15(5)30-23-20(14(4)28-30)22(25)26-11-27-23/h8,11,15-16H,2,7,9-10H2,1,3-6H3,(H2,25,26,27). The van der Waals surface area contributed by atoms with E-state index in [1.807, 2.05) is 17.7 Å². The molecule has 164 valence electrons. The number of allylic oxidation sites excluding steroid dienone is 1. The maximum Gasteiger partial charge on any atom is 0.164 e. The predicted octanol–water partition coefficient (Wildman–Crippen LogP) is 4.62. The van der Waals surface area contributed by atoms with E-state index in [2.05, 4.69) is 42.2 Å². The van der Waals surface area contributed by atoms with Gasteiger partial charge in [-0.3, -0.25) is 0 Å². The van der Waals surface area contributed by atoms with Crippen molar-refractivity contribution in [2.24, 2.45) is 0 Å². The summed E-state index contributed by atoms with van der Waals surface area (Å²) in [6, 6.07) is 1.83. The van der Waals surface area contributed by atoms with E-state index in [-0.39, 0.29) is 6.04 Å². The van der Waals surface area contributed by atoms with Crippen molar-refractivity contribution in [3.63, 3.8) is 0 Å². The van der Waals surface area contributed by atoms with Crippen molar-refractivity contribution in [1.29, 1.82) is 0 Å². The van der Waals surface area contributed by atoms with Gasteiger partial charge >= 0.3 is 0 Å². The number of hydrogen-bond donors (Lipinski definition) is 1. The molecule has 0 bridgehead atoms. The van der Waals surface area contributed by atoms with E-state index in [1.54, 1.807) is 7.11 Å². The topological polar surface area (TPSA) is 82.1 Å². The fourth-order valence-corrected chi connectivity index (χ4v) is 4.73. The van der Waals surface area contributed by atoms with Crippen molar-refractivity contribution in [2.45, 2.75) is 46.1 Å². The normalized spacial score (nSPS) is 15.2. The van der Waals surface area contributed by atoms with Gasteiger partial charge in [0.1, 0.15) is 17.9 Å². The van der Waals surface area contributed by atoms with Gasteiger partial charge < -0.3 is 15.4 Å². The number of benzene rings is 1. The van der Waals surface area contributed by atoms with Crippen molar-refractivity contribution < 1.29 is 4.74 Å². The van der Waals surface area contributed by atoms with E-state index >= 15 is 0 Å². The number of aromatic nitrogens is 4. The van der Waals surface area contributed by atoms with E-state index in [1.165, 1.54) is 17.6 Å². The van der Waals surface area contributed by atoms with E-state index in [4.69, 9.17) is 27.2 Å². The molecular weight excluding hydrogens is 412 g/mol. The van der Waals surface area contributed by atoms with Crippen LogP contribution < -0.4 is 10.5 Å². The highest BCUT2D eigenvalue weighted by Gasteiger charge is 2.34. The predicted molar refractivity (Wildman–Crippen MR) is 125 cm³/mol. The van der Waals surface area contributed by atoms with Gasteiger partial charge in [0.05, 0.1) is 24.2 Å². The minimum Gasteiger partial charge on any atom is -0.496 e. The highest BCUT2D eigenvalue weighted by molar-refractivity contribution is 6.31. The number of fused-ring (bicyclic) bond motifs is 1. The zero-order valence-corrected chi connectivity index (χ0v) is 19.5. The lowest BCUT2D eigenvalue weighted by atomic mass is 9.84. The molecule has 3 aromatic rings. The van der Waals surface area contributed by atoms with Gasteiger partial charge in [0.2, 0.25) is 0 Å². The number of aryl methyl sites for hydroxylation is 1. The van der Waals surface area contributed by atoms with Gasteiger partial charge in [0, 0.05) is 40.9 Å². The van der Waals surface area contributed by atoms with Crippen molar-refractivity contribution in [3.8, 4) is 5.75 Å². The molecule has 0 spiro atoms. The summed E-state index contributed by atoms with van der Waals surface area (Å²) in [6.07, 6.45) is 2.42. The highest BCUT2D eigenvalue weighted by atomic mass is 35.5. The third kappa shape index (κ3) is 3.41. The Morgan fingerprint density at radius 1 is 1.35 bits per heavy atom. The molecule has 1 atom stereocenters. The van der Waals surface area contributed by atoms with E-state index in [0.29, 0.717) is 17.4 Å². The first-order chi connectivity index (χ1) is 14.8. The molecule has 8 heteroatoms. The molecule has 4 rings (SSSR count). The smallest absolute Gasteiger partial charge is 0.164 e. The Labute approximate surface area is 187 Å². The maximum atomic E-state index is 6.72. The van der Waals surface area contributed by atoms with Crippen molar-refractivity contribution in [3.05, 3.63) is 52.1 Å². The van der Waals surface area contributed by atoms with E-state index in [9.17, 15) is 0 Å². The molecule has 1 saturated heterocycles. The summed E-state index contributed by atoms with van der Waals surface area (Å²) < 4.78 is 7.86. The second-order valence-electron chi connectivity index (χ2n) is 8.20. The van der Waals surface area contributed by atoms with Crippen molar-refractivity contribution >= 4 is 28.5 Å². The summed E-state index contributed by atoms with van der Waals surface area (Å²) in [5, 5.41) is 6.23. The molecule has 0 radical (unpaired) electrons. The Bertz CT molecular complexity index is 1160. The Morgan fingerprint density at radius 3 is 2.71 bits per heavy atom.